The lowest BCUT2D eigenvalue weighted by Gasteiger charge is -2.23. The van der Waals surface area contributed by atoms with Gasteiger partial charge in [0.15, 0.2) is 0 Å². The van der Waals surface area contributed by atoms with E-state index < -0.39 is 6.29 Å². The van der Waals surface area contributed by atoms with Crippen LogP contribution in [0.15, 0.2) is 42.5 Å². The second-order valence-corrected chi connectivity index (χ2v) is 3.32. The topological polar surface area (TPSA) is 42.2 Å². The van der Waals surface area contributed by atoms with E-state index in [1.54, 1.807) is 12.2 Å². The van der Waals surface area contributed by atoms with Crippen LogP contribution in [0.1, 0.15) is 5.56 Å². The summed E-state index contributed by atoms with van der Waals surface area (Å²) in [6.45, 7) is 3.91. The molecule has 3 nitrogen and oxygen atoms in total. The van der Waals surface area contributed by atoms with Crippen LogP contribution in [0, 0.1) is 11.3 Å². The molecule has 0 saturated heterocycles. The van der Waals surface area contributed by atoms with E-state index in [0.29, 0.717) is 12.2 Å². The zero-order valence-corrected chi connectivity index (χ0v) is 8.72. The molecule has 0 aliphatic carbocycles. The smallest absolute Gasteiger partial charge is 0.236 e. The maximum absolute atomic E-state index is 8.98. The van der Waals surface area contributed by atoms with Crippen molar-refractivity contribution in [3.63, 3.8) is 0 Å². The van der Waals surface area contributed by atoms with E-state index in [1.165, 1.54) is 0 Å². The van der Waals surface area contributed by atoms with Gasteiger partial charge in [0.1, 0.15) is 11.8 Å². The lowest BCUT2D eigenvalue weighted by molar-refractivity contribution is -0.0399. The van der Waals surface area contributed by atoms with Crippen LogP contribution in [-0.4, -0.2) is 12.9 Å². The SMILES string of the molecule is C=CCOC1Oc2ccccc2C=C1C#N. The quantitative estimate of drug-likeness (QED) is 0.724. The van der Waals surface area contributed by atoms with Gasteiger partial charge in [-0.25, -0.2) is 0 Å². The highest BCUT2D eigenvalue weighted by molar-refractivity contribution is 5.65. The highest BCUT2D eigenvalue weighted by Crippen LogP contribution is 2.29. The van der Waals surface area contributed by atoms with Crippen molar-refractivity contribution in [1.29, 1.82) is 5.26 Å². The fourth-order valence-corrected chi connectivity index (χ4v) is 1.49. The van der Waals surface area contributed by atoms with Crippen molar-refractivity contribution < 1.29 is 9.47 Å². The van der Waals surface area contributed by atoms with Gasteiger partial charge in [0.2, 0.25) is 6.29 Å². The molecule has 0 N–H and O–H groups in total. The third-order valence-electron chi connectivity index (χ3n) is 2.21. The maximum atomic E-state index is 8.98. The van der Waals surface area contributed by atoms with Crippen LogP contribution >= 0.6 is 0 Å². The average molecular weight is 213 g/mol. The van der Waals surface area contributed by atoms with Gasteiger partial charge in [-0.3, -0.25) is 0 Å². The average Bonchev–Trinajstić information content (AvgIpc) is 2.35. The van der Waals surface area contributed by atoms with Gasteiger partial charge in [-0.2, -0.15) is 5.26 Å². The Morgan fingerprint density at radius 2 is 2.31 bits per heavy atom. The molecule has 2 rings (SSSR count). The molecule has 0 bridgehead atoms. The molecule has 1 unspecified atom stereocenters. The van der Waals surface area contributed by atoms with Crippen molar-refractivity contribution in [1.82, 2.24) is 0 Å². The largest absolute Gasteiger partial charge is 0.459 e. The first-order valence-corrected chi connectivity index (χ1v) is 4.95. The molecule has 1 aliphatic rings. The molecule has 1 aliphatic heterocycles. The molecule has 0 radical (unpaired) electrons. The summed E-state index contributed by atoms with van der Waals surface area (Å²) < 4.78 is 10.9. The van der Waals surface area contributed by atoms with Gasteiger partial charge >= 0.3 is 0 Å². The van der Waals surface area contributed by atoms with Crippen LogP contribution in [0.3, 0.4) is 0 Å². The molecule has 3 heteroatoms. The van der Waals surface area contributed by atoms with Crippen LogP contribution < -0.4 is 4.74 Å². The maximum Gasteiger partial charge on any atom is 0.236 e. The normalized spacial score (nSPS) is 17.7. The summed E-state index contributed by atoms with van der Waals surface area (Å²) in [5.41, 5.74) is 1.37. The Balaban J connectivity index is 2.28. The number of ether oxygens (including phenoxy) is 2. The van der Waals surface area contributed by atoms with Gasteiger partial charge < -0.3 is 9.47 Å². The minimum atomic E-state index is -0.627. The first-order chi connectivity index (χ1) is 7.85. The van der Waals surface area contributed by atoms with E-state index in [0.717, 1.165) is 11.3 Å². The predicted molar refractivity (Wildman–Crippen MR) is 60.6 cm³/mol. The van der Waals surface area contributed by atoms with Crippen LogP contribution in [-0.2, 0) is 4.74 Å². The summed E-state index contributed by atoms with van der Waals surface area (Å²) >= 11 is 0. The van der Waals surface area contributed by atoms with Crippen molar-refractivity contribution in [2.75, 3.05) is 6.61 Å². The van der Waals surface area contributed by atoms with Crippen molar-refractivity contribution in [2.45, 2.75) is 6.29 Å². The second kappa shape index (κ2) is 4.65. The number of benzene rings is 1. The fraction of sp³-hybridized carbons (Fsp3) is 0.154. The molecule has 0 amide bonds. The highest BCUT2D eigenvalue weighted by Gasteiger charge is 2.22. The lowest BCUT2D eigenvalue weighted by atomic mass is 10.1. The monoisotopic (exact) mass is 213 g/mol. The number of para-hydroxylation sites is 1. The third-order valence-corrected chi connectivity index (χ3v) is 2.21. The van der Waals surface area contributed by atoms with E-state index in [2.05, 4.69) is 12.6 Å². The summed E-state index contributed by atoms with van der Waals surface area (Å²) in [6, 6.07) is 9.62. The molecule has 1 atom stereocenters. The summed E-state index contributed by atoms with van der Waals surface area (Å²) in [5, 5.41) is 8.98. The van der Waals surface area contributed by atoms with Gasteiger partial charge in [-0.05, 0) is 12.1 Å². The molecule has 16 heavy (non-hydrogen) atoms. The van der Waals surface area contributed by atoms with E-state index in [1.807, 2.05) is 24.3 Å². The van der Waals surface area contributed by atoms with E-state index >= 15 is 0 Å². The Bertz CT molecular complexity index is 471. The fourth-order valence-electron chi connectivity index (χ4n) is 1.49. The minimum Gasteiger partial charge on any atom is -0.459 e. The molecular formula is C13H11NO2. The second-order valence-electron chi connectivity index (χ2n) is 3.32. The third kappa shape index (κ3) is 1.97. The lowest BCUT2D eigenvalue weighted by Crippen LogP contribution is -2.25. The van der Waals surface area contributed by atoms with Crippen molar-refractivity contribution >= 4 is 6.08 Å². The Labute approximate surface area is 94.2 Å². The molecule has 1 aromatic carbocycles. The summed E-state index contributed by atoms with van der Waals surface area (Å²) in [6.07, 6.45) is 2.78. The molecule has 1 heterocycles. The molecular weight excluding hydrogens is 202 g/mol. The molecule has 0 saturated carbocycles. The minimum absolute atomic E-state index is 0.353. The van der Waals surface area contributed by atoms with E-state index in [-0.39, 0.29) is 0 Å². The van der Waals surface area contributed by atoms with Crippen LogP contribution in [0.25, 0.3) is 6.08 Å². The molecule has 0 aromatic heterocycles. The van der Waals surface area contributed by atoms with Gasteiger partial charge in [0, 0.05) is 5.56 Å². The van der Waals surface area contributed by atoms with Crippen LogP contribution in [0.4, 0.5) is 0 Å². The Kier molecular flexibility index (Phi) is 3.04. The first kappa shape index (κ1) is 10.5. The van der Waals surface area contributed by atoms with E-state index in [9.17, 15) is 0 Å². The van der Waals surface area contributed by atoms with Crippen LogP contribution in [0.2, 0.25) is 0 Å². The van der Waals surface area contributed by atoms with Gasteiger partial charge in [0.25, 0.3) is 0 Å². The highest BCUT2D eigenvalue weighted by atomic mass is 16.7. The molecule has 1 aromatic rings. The summed E-state index contributed by atoms with van der Waals surface area (Å²) in [4.78, 5) is 0. The van der Waals surface area contributed by atoms with Crippen molar-refractivity contribution in [3.05, 3.63) is 48.1 Å². The number of hydrogen-bond donors (Lipinski definition) is 0. The molecule has 80 valence electrons. The number of rotatable bonds is 3. The Morgan fingerprint density at radius 3 is 3.06 bits per heavy atom. The zero-order valence-electron chi connectivity index (χ0n) is 8.72. The Morgan fingerprint density at radius 1 is 1.50 bits per heavy atom. The predicted octanol–water partition coefficient (Wildman–Crippen LogP) is 2.51. The molecule has 0 spiro atoms. The standard InChI is InChI=1S/C13H11NO2/c1-2-7-15-13-11(9-14)8-10-5-3-4-6-12(10)16-13/h2-6,8,13H,1,7H2. The van der Waals surface area contributed by atoms with Crippen LogP contribution in [0.5, 0.6) is 5.75 Å². The van der Waals surface area contributed by atoms with Gasteiger partial charge in [0.05, 0.1) is 12.2 Å². The van der Waals surface area contributed by atoms with Crippen molar-refractivity contribution in [3.8, 4) is 11.8 Å². The zero-order chi connectivity index (χ0) is 11.4. The molecule has 0 fully saturated rings. The number of nitrogens with zero attached hydrogens (tertiary/aromatic N) is 1. The number of fused-ring (bicyclic) bond motifs is 1. The Hall–Kier alpha value is -2.05. The van der Waals surface area contributed by atoms with Crippen molar-refractivity contribution in [2.24, 2.45) is 0 Å². The summed E-state index contributed by atoms with van der Waals surface area (Å²) in [7, 11) is 0. The van der Waals surface area contributed by atoms with Gasteiger partial charge in [-0.15, -0.1) is 6.58 Å². The van der Waals surface area contributed by atoms with E-state index in [4.69, 9.17) is 14.7 Å². The number of hydrogen-bond acceptors (Lipinski definition) is 3. The first-order valence-electron chi connectivity index (χ1n) is 4.95. The van der Waals surface area contributed by atoms with Gasteiger partial charge in [-0.1, -0.05) is 24.3 Å². The summed E-state index contributed by atoms with van der Waals surface area (Å²) in [5.74, 6) is 0.732. The number of nitriles is 1.